The molecule has 13 nitrogen and oxygen atoms in total. The van der Waals surface area contributed by atoms with Gasteiger partial charge in [0.25, 0.3) is 17.5 Å². The van der Waals surface area contributed by atoms with Crippen LogP contribution in [0.5, 0.6) is 5.75 Å². The van der Waals surface area contributed by atoms with Gasteiger partial charge in [-0.3, -0.25) is 14.4 Å². The van der Waals surface area contributed by atoms with Gasteiger partial charge < -0.3 is 21.1 Å². The molecule has 0 spiro atoms. The zero-order valence-corrected chi connectivity index (χ0v) is 23.4. The molecule has 0 aliphatic carbocycles. The highest BCUT2D eigenvalue weighted by Crippen LogP contribution is 2.41. The number of nitrogens with zero attached hydrogens (tertiary/aromatic N) is 6. The number of azo groups is 1. The number of carbonyl (C=O) groups is 3. The Hall–Kier alpha value is -6.42. The first-order valence-corrected chi connectivity index (χ1v) is 13.4. The van der Waals surface area contributed by atoms with Crippen LogP contribution in [0.15, 0.2) is 95.4 Å². The lowest BCUT2D eigenvalue weighted by atomic mass is 10.0. The first-order valence-electron chi connectivity index (χ1n) is 13.4. The predicted octanol–water partition coefficient (Wildman–Crippen LogP) is 5.21. The Labute approximate surface area is 251 Å². The van der Waals surface area contributed by atoms with Gasteiger partial charge in [0.1, 0.15) is 5.69 Å². The van der Waals surface area contributed by atoms with Gasteiger partial charge >= 0.3 is 0 Å². The van der Waals surface area contributed by atoms with Crippen LogP contribution in [0.2, 0.25) is 0 Å². The molecule has 0 fully saturated rings. The van der Waals surface area contributed by atoms with Crippen LogP contribution >= 0.6 is 0 Å². The van der Waals surface area contributed by atoms with E-state index in [1.807, 2.05) is 0 Å². The summed E-state index contributed by atoms with van der Waals surface area (Å²) in [6.45, 7) is 9.54. The van der Waals surface area contributed by atoms with Crippen molar-refractivity contribution < 1.29 is 19.5 Å². The zero-order chi connectivity index (χ0) is 31.1. The molecule has 2 aromatic heterocycles. The largest absolute Gasteiger partial charge is 0.505 e. The summed E-state index contributed by atoms with van der Waals surface area (Å²) in [7, 11) is 0. The zero-order valence-electron chi connectivity index (χ0n) is 23.4. The van der Waals surface area contributed by atoms with Gasteiger partial charge in [0.15, 0.2) is 17.4 Å². The highest BCUT2D eigenvalue weighted by molar-refractivity contribution is 6.12. The Morgan fingerprint density at radius 2 is 1.77 bits per heavy atom. The number of pyridine rings is 1. The summed E-state index contributed by atoms with van der Waals surface area (Å²) >= 11 is 0. The first kappa shape index (κ1) is 29.1. The number of nitrogens with one attached hydrogen (secondary N) is 3. The molecule has 0 saturated heterocycles. The number of phenols is 1. The van der Waals surface area contributed by atoms with Gasteiger partial charge in [-0.15, -0.1) is 10.2 Å². The summed E-state index contributed by atoms with van der Waals surface area (Å²) in [6.07, 6.45) is 2.89. The van der Waals surface area contributed by atoms with E-state index in [4.69, 9.17) is 6.57 Å². The quantitative estimate of drug-likeness (QED) is 0.136. The van der Waals surface area contributed by atoms with Crippen molar-refractivity contribution in [3.63, 3.8) is 0 Å². The summed E-state index contributed by atoms with van der Waals surface area (Å²) in [6, 6.07) is 19.9. The van der Waals surface area contributed by atoms with Crippen LogP contribution < -0.4 is 16.0 Å². The third-order valence-electron chi connectivity index (χ3n) is 6.36. The average Bonchev–Trinajstić information content (AvgIpc) is 3.46. The van der Waals surface area contributed by atoms with Gasteiger partial charge in [0, 0.05) is 29.4 Å². The van der Waals surface area contributed by atoms with Crippen molar-refractivity contribution in [2.24, 2.45) is 10.2 Å². The molecule has 4 N–H and O–H groups in total. The number of aromatic hydroxyl groups is 1. The predicted molar refractivity (Wildman–Crippen MR) is 163 cm³/mol. The third kappa shape index (κ3) is 6.24. The van der Waals surface area contributed by atoms with Crippen molar-refractivity contribution in [3.8, 4) is 11.6 Å². The number of hydrogen-bond donors (Lipinski definition) is 4. The topological polar surface area (TPSA) is 167 Å². The molecule has 5 aromatic rings. The second kappa shape index (κ2) is 13.0. The van der Waals surface area contributed by atoms with Crippen molar-refractivity contribution in [2.45, 2.75) is 6.92 Å². The number of phenolic OH excluding ortho intramolecular Hbond substituents is 1. The van der Waals surface area contributed by atoms with Crippen LogP contribution in [0.3, 0.4) is 0 Å². The summed E-state index contributed by atoms with van der Waals surface area (Å²) in [5.41, 5.74) is 0.610. The van der Waals surface area contributed by atoms with E-state index in [0.717, 1.165) is 0 Å². The van der Waals surface area contributed by atoms with E-state index in [2.05, 4.69) is 41.1 Å². The number of para-hydroxylation sites is 1. The lowest BCUT2D eigenvalue weighted by molar-refractivity contribution is -0.120. The van der Waals surface area contributed by atoms with E-state index in [-0.39, 0.29) is 40.8 Å². The second-order valence-electron chi connectivity index (χ2n) is 9.28. The van der Waals surface area contributed by atoms with E-state index >= 15 is 0 Å². The van der Waals surface area contributed by atoms with Crippen LogP contribution in [0.1, 0.15) is 27.6 Å². The minimum Gasteiger partial charge on any atom is -0.505 e. The molecule has 0 aliphatic heterocycles. The summed E-state index contributed by atoms with van der Waals surface area (Å²) < 4.78 is 1.33. The maximum atomic E-state index is 13.3. The normalized spacial score (nSPS) is 10.8. The molecule has 0 bridgehead atoms. The van der Waals surface area contributed by atoms with Crippen molar-refractivity contribution in [1.82, 2.24) is 25.4 Å². The average molecular weight is 588 g/mol. The Bertz CT molecular complexity index is 1930. The van der Waals surface area contributed by atoms with Crippen LogP contribution in [0, 0.1) is 6.57 Å². The van der Waals surface area contributed by atoms with Gasteiger partial charge in [-0.25, -0.2) is 14.5 Å². The van der Waals surface area contributed by atoms with Gasteiger partial charge in [-0.2, -0.15) is 5.10 Å². The summed E-state index contributed by atoms with van der Waals surface area (Å²) in [4.78, 5) is 45.7. The van der Waals surface area contributed by atoms with Gasteiger partial charge in [0.05, 0.1) is 24.9 Å². The number of fused-ring (bicyclic) bond motifs is 1. The number of aromatic nitrogens is 3. The van der Waals surface area contributed by atoms with Crippen molar-refractivity contribution >= 4 is 51.4 Å². The molecular formula is C31H25N9O4. The fraction of sp³-hybridized carbons (Fsp3) is 0.0968. The van der Waals surface area contributed by atoms with Crippen molar-refractivity contribution in [1.29, 1.82) is 0 Å². The second-order valence-corrected chi connectivity index (χ2v) is 9.28. The molecule has 5 rings (SSSR count). The number of rotatable bonds is 9. The van der Waals surface area contributed by atoms with Gasteiger partial charge in [0.2, 0.25) is 5.91 Å². The molecular weight excluding hydrogens is 562 g/mol. The lowest BCUT2D eigenvalue weighted by Crippen LogP contribution is -2.36. The number of likely N-dealkylation sites (N-methyl/N-ethyl adjacent to an activating group) is 1. The Morgan fingerprint density at radius 1 is 0.977 bits per heavy atom. The molecule has 3 amide bonds. The maximum Gasteiger partial charge on any atom is 0.259 e. The minimum absolute atomic E-state index is 0.0618. The van der Waals surface area contributed by atoms with E-state index < -0.39 is 17.6 Å². The molecule has 13 heteroatoms. The van der Waals surface area contributed by atoms with Crippen LogP contribution in [0.25, 0.3) is 21.4 Å². The minimum atomic E-state index is -0.626. The number of anilines is 1. The molecule has 0 radical (unpaired) electrons. The number of benzene rings is 3. The van der Waals surface area contributed by atoms with E-state index in [0.29, 0.717) is 28.8 Å². The SMILES string of the molecule is [C-]#[N+]c1cnn(-c2ccccn2)c1N=Nc1c(O)c(C(=O)Nc2ccccc2)cc2cc(C(=O)NCC(=O)NCC)ccc12. The fourth-order valence-electron chi connectivity index (χ4n) is 4.28. The maximum absolute atomic E-state index is 13.3. The Balaban J connectivity index is 1.60. The molecule has 3 aromatic carbocycles. The number of hydrogen-bond acceptors (Lipinski definition) is 8. The van der Waals surface area contributed by atoms with Crippen molar-refractivity contribution in [2.75, 3.05) is 18.4 Å². The highest BCUT2D eigenvalue weighted by Gasteiger charge is 2.21. The van der Waals surface area contributed by atoms with Crippen LogP contribution in [-0.4, -0.2) is 50.7 Å². The standard InChI is InChI=1S/C31H25N9O4/c1-3-33-26(41)18-35-30(43)19-12-13-22-20(15-19)16-23(31(44)37-21-9-5-4-6-10-21)28(42)27(22)38-39-29-24(32-2)17-36-40(29)25-11-7-8-14-34-25/h4-17,42H,3,18H2,1H3,(H,33,41)(H,35,43)(H,37,44). The Kier molecular flexibility index (Phi) is 8.62. The van der Waals surface area contributed by atoms with Gasteiger partial charge in [-0.1, -0.05) is 30.3 Å². The van der Waals surface area contributed by atoms with Gasteiger partial charge in [-0.05, 0) is 54.8 Å². The molecule has 0 saturated carbocycles. The third-order valence-corrected chi connectivity index (χ3v) is 6.36. The van der Waals surface area contributed by atoms with Crippen LogP contribution in [0.4, 0.5) is 22.9 Å². The Morgan fingerprint density at radius 3 is 2.50 bits per heavy atom. The summed E-state index contributed by atoms with van der Waals surface area (Å²) in [5.74, 6) is -1.48. The fourth-order valence-corrected chi connectivity index (χ4v) is 4.28. The molecule has 0 atom stereocenters. The molecule has 0 unspecified atom stereocenters. The molecule has 218 valence electrons. The molecule has 0 aliphatic rings. The highest BCUT2D eigenvalue weighted by atomic mass is 16.3. The number of carbonyl (C=O) groups excluding carboxylic acids is 3. The number of amides is 3. The molecule has 2 heterocycles. The first-order chi connectivity index (χ1) is 21.4. The van der Waals surface area contributed by atoms with E-state index in [1.54, 1.807) is 67.7 Å². The lowest BCUT2D eigenvalue weighted by Gasteiger charge is -2.12. The van der Waals surface area contributed by atoms with Crippen LogP contribution in [-0.2, 0) is 4.79 Å². The smallest absolute Gasteiger partial charge is 0.259 e. The summed E-state index contributed by atoms with van der Waals surface area (Å²) in [5, 5.41) is 32.7. The molecule has 44 heavy (non-hydrogen) atoms. The monoisotopic (exact) mass is 587 g/mol. The van der Waals surface area contributed by atoms with E-state index in [9.17, 15) is 19.5 Å². The van der Waals surface area contributed by atoms with Crippen molar-refractivity contribution in [3.05, 3.63) is 108 Å². The van der Waals surface area contributed by atoms with E-state index in [1.165, 1.54) is 29.1 Å².